The van der Waals surface area contributed by atoms with Gasteiger partial charge in [-0.1, -0.05) is 0 Å². The van der Waals surface area contributed by atoms with Gasteiger partial charge in [-0.15, -0.1) is 0 Å². The highest BCUT2D eigenvalue weighted by Crippen LogP contribution is 2.46. The molecule has 0 N–H and O–H groups in total. The number of rotatable bonds is 4. The first-order valence-electron chi connectivity index (χ1n) is 6.91. The predicted octanol–water partition coefficient (Wildman–Crippen LogP) is 2.71. The third-order valence-electron chi connectivity index (χ3n) is 3.91. The molecule has 10 heteroatoms. The lowest BCUT2D eigenvalue weighted by Crippen LogP contribution is -2.43. The molecule has 0 amide bonds. The SMILES string of the molecule is CCOC(=O)[C@]1(c2c(F)c(F)c(F)c(F)c2[N+](=O)[O-])CCCC1=O. The van der Waals surface area contributed by atoms with Crippen molar-refractivity contribution in [1.29, 1.82) is 0 Å². The molecule has 1 aliphatic rings. The van der Waals surface area contributed by atoms with Crippen molar-refractivity contribution in [3.63, 3.8) is 0 Å². The minimum atomic E-state index is -2.57. The molecular formula is C14H11F4NO5. The van der Waals surface area contributed by atoms with Gasteiger partial charge in [-0.2, -0.15) is 4.39 Å². The van der Waals surface area contributed by atoms with E-state index < -0.39 is 63.0 Å². The number of nitrogens with zero attached hydrogens (tertiary/aromatic N) is 1. The average Bonchev–Trinajstić information content (AvgIpc) is 2.90. The molecule has 1 fully saturated rings. The van der Waals surface area contributed by atoms with Gasteiger partial charge < -0.3 is 4.74 Å². The lowest BCUT2D eigenvalue weighted by Gasteiger charge is -2.25. The molecule has 1 aromatic carbocycles. The van der Waals surface area contributed by atoms with Gasteiger partial charge >= 0.3 is 11.7 Å². The first-order valence-corrected chi connectivity index (χ1v) is 6.91. The number of hydrogen-bond donors (Lipinski definition) is 0. The van der Waals surface area contributed by atoms with Crippen LogP contribution in [0.2, 0.25) is 0 Å². The van der Waals surface area contributed by atoms with Gasteiger partial charge in [0.1, 0.15) is 0 Å². The molecule has 0 bridgehead atoms. The van der Waals surface area contributed by atoms with Gasteiger partial charge in [0.15, 0.2) is 22.8 Å². The van der Waals surface area contributed by atoms with Crippen LogP contribution in [0.4, 0.5) is 23.2 Å². The number of nitro benzene ring substituents is 1. The summed E-state index contributed by atoms with van der Waals surface area (Å²) in [5.41, 5.74) is -5.78. The Labute approximate surface area is 132 Å². The summed E-state index contributed by atoms with van der Waals surface area (Å²) in [5, 5.41) is 11.1. The fourth-order valence-corrected chi connectivity index (χ4v) is 2.88. The fraction of sp³-hybridized carbons (Fsp3) is 0.429. The van der Waals surface area contributed by atoms with E-state index in [-0.39, 0.29) is 19.4 Å². The molecule has 0 aliphatic heterocycles. The lowest BCUT2D eigenvalue weighted by molar-refractivity contribution is -0.389. The van der Waals surface area contributed by atoms with Crippen LogP contribution < -0.4 is 0 Å². The minimum absolute atomic E-state index is 0.0227. The lowest BCUT2D eigenvalue weighted by atomic mass is 9.76. The molecule has 0 unspecified atom stereocenters. The number of ketones is 1. The monoisotopic (exact) mass is 349 g/mol. The Hall–Kier alpha value is -2.52. The number of halogens is 4. The molecule has 130 valence electrons. The van der Waals surface area contributed by atoms with Crippen LogP contribution in [0.3, 0.4) is 0 Å². The summed E-state index contributed by atoms with van der Waals surface area (Å²) in [5.74, 6) is -11.5. The first kappa shape index (κ1) is 17.8. The highest BCUT2D eigenvalue weighted by atomic mass is 19.2. The zero-order valence-corrected chi connectivity index (χ0v) is 12.3. The van der Waals surface area contributed by atoms with Crippen LogP contribution in [0, 0.1) is 33.4 Å². The molecular weight excluding hydrogens is 338 g/mol. The van der Waals surface area contributed by atoms with Crippen molar-refractivity contribution in [2.45, 2.75) is 31.6 Å². The molecule has 1 atom stereocenters. The fourth-order valence-electron chi connectivity index (χ4n) is 2.88. The molecule has 24 heavy (non-hydrogen) atoms. The van der Waals surface area contributed by atoms with Crippen LogP contribution in [0.5, 0.6) is 0 Å². The number of hydrogen-bond acceptors (Lipinski definition) is 5. The Balaban J connectivity index is 2.93. The van der Waals surface area contributed by atoms with E-state index in [9.17, 15) is 37.3 Å². The van der Waals surface area contributed by atoms with Gasteiger partial charge in [0, 0.05) is 6.42 Å². The quantitative estimate of drug-likeness (QED) is 0.159. The maximum absolute atomic E-state index is 14.3. The molecule has 1 saturated carbocycles. The number of carbonyl (C=O) groups excluding carboxylic acids is 2. The number of Topliss-reactive ketones (excluding diaryl/α,β-unsaturated/α-hetero) is 1. The minimum Gasteiger partial charge on any atom is -0.465 e. The van der Waals surface area contributed by atoms with Crippen LogP contribution in [0.1, 0.15) is 31.7 Å². The summed E-state index contributed by atoms with van der Waals surface area (Å²) in [6.07, 6.45) is -0.683. The van der Waals surface area contributed by atoms with Crippen molar-refractivity contribution in [3.8, 4) is 0 Å². The van der Waals surface area contributed by atoms with Gasteiger partial charge in [0.05, 0.1) is 17.1 Å². The van der Waals surface area contributed by atoms with Crippen LogP contribution in [-0.4, -0.2) is 23.3 Å². The molecule has 6 nitrogen and oxygen atoms in total. The number of benzene rings is 1. The molecule has 0 spiro atoms. The highest BCUT2D eigenvalue weighted by molar-refractivity contribution is 6.12. The van der Waals surface area contributed by atoms with Gasteiger partial charge in [0.2, 0.25) is 11.6 Å². The third-order valence-corrected chi connectivity index (χ3v) is 3.91. The summed E-state index contributed by atoms with van der Waals surface area (Å²) in [6, 6.07) is 0. The standard InChI is InChI=1S/C14H11F4NO5/c1-2-24-13(21)14(5-3-4-6(14)20)7-8(15)9(16)10(17)11(18)12(7)19(22)23/h2-5H2,1H3/t14-/m1/s1. The van der Waals surface area contributed by atoms with E-state index in [0.717, 1.165) is 0 Å². The van der Waals surface area contributed by atoms with Crippen LogP contribution in [-0.2, 0) is 19.7 Å². The van der Waals surface area contributed by atoms with Crippen molar-refractivity contribution in [3.05, 3.63) is 38.9 Å². The topological polar surface area (TPSA) is 86.5 Å². The molecule has 0 aromatic heterocycles. The zero-order valence-electron chi connectivity index (χ0n) is 12.3. The maximum atomic E-state index is 14.3. The van der Waals surface area contributed by atoms with Gasteiger partial charge in [-0.3, -0.25) is 19.7 Å². The third kappa shape index (κ3) is 2.33. The van der Waals surface area contributed by atoms with E-state index in [0.29, 0.717) is 0 Å². The van der Waals surface area contributed by atoms with Gasteiger partial charge in [-0.25, -0.2) is 13.2 Å². The Kier molecular flexibility index (Phi) is 4.59. The summed E-state index contributed by atoms with van der Waals surface area (Å²) in [4.78, 5) is 34.1. The number of carbonyl (C=O) groups is 2. The van der Waals surface area contributed by atoms with Crippen molar-refractivity contribution < 1.29 is 36.8 Å². The number of nitro groups is 1. The van der Waals surface area contributed by atoms with Crippen LogP contribution >= 0.6 is 0 Å². The molecule has 0 saturated heterocycles. The summed E-state index contributed by atoms with van der Waals surface area (Å²) in [6.45, 7) is 1.11. The van der Waals surface area contributed by atoms with Crippen molar-refractivity contribution >= 4 is 17.4 Å². The zero-order chi connectivity index (χ0) is 18.2. The molecule has 0 radical (unpaired) electrons. The highest BCUT2D eigenvalue weighted by Gasteiger charge is 2.58. The molecule has 2 rings (SSSR count). The Morgan fingerprint density at radius 3 is 2.25 bits per heavy atom. The van der Waals surface area contributed by atoms with Crippen molar-refractivity contribution in [1.82, 2.24) is 0 Å². The normalized spacial score (nSPS) is 20.3. The van der Waals surface area contributed by atoms with Crippen LogP contribution in [0.15, 0.2) is 0 Å². The summed E-state index contributed by atoms with van der Waals surface area (Å²) < 4.78 is 59.8. The van der Waals surface area contributed by atoms with Crippen molar-refractivity contribution in [2.75, 3.05) is 6.61 Å². The second-order valence-corrected chi connectivity index (χ2v) is 5.14. The second-order valence-electron chi connectivity index (χ2n) is 5.14. The van der Waals surface area contributed by atoms with Crippen LogP contribution in [0.25, 0.3) is 0 Å². The number of esters is 1. The average molecular weight is 349 g/mol. The van der Waals surface area contributed by atoms with Crippen molar-refractivity contribution in [2.24, 2.45) is 0 Å². The number of ether oxygens (including phenoxy) is 1. The van der Waals surface area contributed by atoms with Gasteiger partial charge in [0.25, 0.3) is 0 Å². The first-order chi connectivity index (χ1) is 11.2. The second kappa shape index (κ2) is 6.17. The summed E-state index contributed by atoms with van der Waals surface area (Å²) >= 11 is 0. The Morgan fingerprint density at radius 1 is 1.21 bits per heavy atom. The van der Waals surface area contributed by atoms with E-state index in [2.05, 4.69) is 4.74 Å². The van der Waals surface area contributed by atoms with E-state index in [1.807, 2.05) is 0 Å². The van der Waals surface area contributed by atoms with E-state index in [1.165, 1.54) is 6.92 Å². The van der Waals surface area contributed by atoms with E-state index in [4.69, 9.17) is 0 Å². The molecule has 0 heterocycles. The van der Waals surface area contributed by atoms with E-state index >= 15 is 0 Å². The predicted molar refractivity (Wildman–Crippen MR) is 70.1 cm³/mol. The largest absolute Gasteiger partial charge is 0.465 e. The summed E-state index contributed by atoms with van der Waals surface area (Å²) in [7, 11) is 0. The molecule has 1 aromatic rings. The molecule has 1 aliphatic carbocycles. The smallest absolute Gasteiger partial charge is 0.324 e. The van der Waals surface area contributed by atoms with E-state index in [1.54, 1.807) is 0 Å². The Morgan fingerprint density at radius 2 is 1.79 bits per heavy atom. The van der Waals surface area contributed by atoms with Gasteiger partial charge in [-0.05, 0) is 19.8 Å². The maximum Gasteiger partial charge on any atom is 0.324 e. The Bertz CT molecular complexity index is 751.